The van der Waals surface area contributed by atoms with Crippen molar-refractivity contribution in [2.75, 3.05) is 23.0 Å². The first kappa shape index (κ1) is 20.3. The van der Waals surface area contributed by atoms with Crippen molar-refractivity contribution in [3.05, 3.63) is 11.9 Å². The highest BCUT2D eigenvalue weighted by Gasteiger charge is 2.47. The smallest absolute Gasteiger partial charge is 0.111 e. The number of aliphatic hydroxyl groups is 5. The van der Waals surface area contributed by atoms with E-state index in [0.29, 0.717) is 5.69 Å². The van der Waals surface area contributed by atoms with Crippen LogP contribution < -0.4 is 5.32 Å². The molecule has 0 bridgehead atoms. The highest BCUT2D eigenvalue weighted by Crippen LogP contribution is 2.24. The molecule has 0 amide bonds. The van der Waals surface area contributed by atoms with Gasteiger partial charge in [-0.3, -0.25) is 0 Å². The van der Waals surface area contributed by atoms with E-state index in [0.717, 1.165) is 23.0 Å². The van der Waals surface area contributed by atoms with Crippen molar-refractivity contribution in [1.82, 2.24) is 20.3 Å². The molecule has 2 unspecified atom stereocenters. The molecule has 1 aromatic rings. The first-order valence-corrected chi connectivity index (χ1v) is 11.0. The van der Waals surface area contributed by atoms with E-state index in [1.807, 2.05) is 34.4 Å². The minimum absolute atomic E-state index is 0.210. The molecule has 2 heterocycles. The molecule has 26 heavy (non-hydrogen) atoms. The number of nitrogens with one attached hydrogen (secondary N) is 1. The summed E-state index contributed by atoms with van der Waals surface area (Å²) in [5.41, 5.74) is 0.636. The van der Waals surface area contributed by atoms with E-state index in [2.05, 4.69) is 15.6 Å². The van der Waals surface area contributed by atoms with Gasteiger partial charge >= 0.3 is 0 Å². The van der Waals surface area contributed by atoms with Gasteiger partial charge < -0.3 is 30.8 Å². The number of aromatic nitrogens is 3. The Morgan fingerprint density at radius 3 is 2.15 bits per heavy atom. The molecule has 0 spiro atoms. The van der Waals surface area contributed by atoms with Crippen LogP contribution in [0.15, 0.2) is 6.20 Å². The van der Waals surface area contributed by atoms with E-state index in [1.54, 1.807) is 0 Å². The van der Waals surface area contributed by atoms with Crippen LogP contribution in [0, 0.1) is 0 Å². The largest absolute Gasteiger partial charge is 0.389 e. The molecule has 6 N–H and O–H groups in total. The third kappa shape index (κ3) is 4.53. The quantitative estimate of drug-likeness (QED) is 0.331. The molecule has 9 nitrogen and oxygen atoms in total. The maximum Gasteiger partial charge on any atom is 0.111 e. The van der Waals surface area contributed by atoms with Crippen molar-refractivity contribution in [2.24, 2.45) is 0 Å². The Kier molecular flexibility index (Phi) is 7.19. The Balaban J connectivity index is 1.58. The maximum absolute atomic E-state index is 10.1. The van der Waals surface area contributed by atoms with Gasteiger partial charge in [0.2, 0.25) is 0 Å². The van der Waals surface area contributed by atoms with Gasteiger partial charge in [0.15, 0.2) is 0 Å². The van der Waals surface area contributed by atoms with Crippen LogP contribution in [0.5, 0.6) is 0 Å². The van der Waals surface area contributed by atoms with Crippen LogP contribution in [0.4, 0.5) is 0 Å². The third-order valence-electron chi connectivity index (χ3n) is 4.78. The van der Waals surface area contributed by atoms with Crippen LogP contribution in [-0.2, 0) is 6.54 Å². The Morgan fingerprint density at radius 1 is 0.962 bits per heavy atom. The second kappa shape index (κ2) is 9.20. The number of nitrogens with zero attached hydrogens (tertiary/aromatic N) is 3. The number of thioether (sulfide) groups is 2. The SMILES string of the molecule is OC1[C@@H](O)[C@H](O)C(NCc2cn(C3CSCCCSC3)nn2)[C@H](O)[C@H]1O. The monoisotopic (exact) mass is 406 g/mol. The average Bonchev–Trinajstić information content (AvgIpc) is 3.07. The summed E-state index contributed by atoms with van der Waals surface area (Å²) in [4.78, 5) is 0. The lowest BCUT2D eigenvalue weighted by atomic mass is 9.83. The highest BCUT2D eigenvalue weighted by molar-refractivity contribution is 8.00. The predicted molar refractivity (Wildman–Crippen MR) is 99.0 cm³/mol. The van der Waals surface area contributed by atoms with E-state index in [-0.39, 0.29) is 12.6 Å². The summed E-state index contributed by atoms with van der Waals surface area (Å²) in [5, 5.41) is 60.5. The number of aliphatic hydroxyl groups excluding tert-OH is 5. The zero-order valence-corrected chi connectivity index (χ0v) is 15.9. The lowest BCUT2D eigenvalue weighted by molar-refractivity contribution is -0.190. The fourth-order valence-electron chi connectivity index (χ4n) is 3.17. The summed E-state index contributed by atoms with van der Waals surface area (Å²) in [7, 11) is 0. The fourth-order valence-corrected chi connectivity index (χ4v) is 5.62. The van der Waals surface area contributed by atoms with Crippen LogP contribution in [0.3, 0.4) is 0 Å². The van der Waals surface area contributed by atoms with E-state index in [9.17, 15) is 25.5 Å². The highest BCUT2D eigenvalue weighted by atomic mass is 32.2. The van der Waals surface area contributed by atoms with Crippen molar-refractivity contribution in [3.8, 4) is 0 Å². The van der Waals surface area contributed by atoms with Gasteiger partial charge in [-0.15, -0.1) is 5.10 Å². The van der Waals surface area contributed by atoms with E-state index < -0.39 is 36.6 Å². The maximum atomic E-state index is 10.1. The molecule has 2 aliphatic rings. The molecular weight excluding hydrogens is 380 g/mol. The van der Waals surface area contributed by atoms with Crippen molar-refractivity contribution in [1.29, 1.82) is 0 Å². The van der Waals surface area contributed by atoms with Gasteiger partial charge in [0.1, 0.15) is 30.5 Å². The minimum Gasteiger partial charge on any atom is -0.389 e. The summed E-state index contributed by atoms with van der Waals surface area (Å²) in [6.45, 7) is 0.210. The summed E-state index contributed by atoms with van der Waals surface area (Å²) in [6.07, 6.45) is -4.41. The minimum atomic E-state index is -1.59. The Hall–Kier alpha value is -0.400. The van der Waals surface area contributed by atoms with Crippen molar-refractivity contribution >= 4 is 23.5 Å². The predicted octanol–water partition coefficient (Wildman–Crippen LogP) is -2.03. The van der Waals surface area contributed by atoms with Crippen LogP contribution in [0.2, 0.25) is 0 Å². The fraction of sp³-hybridized carbons (Fsp3) is 0.867. The van der Waals surface area contributed by atoms with E-state index >= 15 is 0 Å². The second-order valence-corrected chi connectivity index (χ2v) is 9.01. The van der Waals surface area contributed by atoms with Gasteiger partial charge in [0.05, 0.1) is 24.0 Å². The normalized spacial score (nSPS) is 37.3. The van der Waals surface area contributed by atoms with Crippen molar-refractivity contribution in [2.45, 2.75) is 55.6 Å². The molecule has 11 heteroatoms. The standard InChI is InChI=1S/C15H26N4O5S2/c20-11-10(12(21)14(23)15(24)13(11)22)16-4-8-5-19(18-17-8)9-6-25-2-1-3-26-7-9/h5,9-16,20-24H,1-4,6-7H2/t10?,11-,12+,13+,14-,15?. The van der Waals surface area contributed by atoms with Gasteiger partial charge in [-0.2, -0.15) is 23.5 Å². The summed E-state index contributed by atoms with van der Waals surface area (Å²) in [5.74, 6) is 4.28. The lowest BCUT2D eigenvalue weighted by Crippen LogP contribution is -2.67. The number of rotatable bonds is 4. The molecule has 2 fully saturated rings. The Labute approximate surface area is 160 Å². The molecule has 1 aliphatic carbocycles. The second-order valence-electron chi connectivity index (χ2n) is 6.71. The van der Waals surface area contributed by atoms with Gasteiger partial charge in [-0.25, -0.2) is 4.68 Å². The topological polar surface area (TPSA) is 144 Å². The lowest BCUT2D eigenvalue weighted by Gasteiger charge is -2.42. The zero-order chi connectivity index (χ0) is 18.7. The molecule has 6 atom stereocenters. The molecule has 0 radical (unpaired) electrons. The van der Waals surface area contributed by atoms with Gasteiger partial charge in [0, 0.05) is 18.1 Å². The molecule has 148 valence electrons. The van der Waals surface area contributed by atoms with Gasteiger partial charge in [0.25, 0.3) is 0 Å². The number of hydrogen-bond acceptors (Lipinski definition) is 10. The molecular formula is C15H26N4O5S2. The molecule has 1 aliphatic heterocycles. The first-order valence-electron chi connectivity index (χ1n) is 8.69. The van der Waals surface area contributed by atoms with Crippen molar-refractivity contribution < 1.29 is 25.5 Å². The van der Waals surface area contributed by atoms with E-state index in [4.69, 9.17) is 0 Å². The third-order valence-corrected chi connectivity index (χ3v) is 7.18. The van der Waals surface area contributed by atoms with Crippen LogP contribution >= 0.6 is 23.5 Å². The molecule has 1 aromatic heterocycles. The first-order chi connectivity index (χ1) is 12.5. The molecule has 0 aromatic carbocycles. The Morgan fingerprint density at radius 2 is 1.54 bits per heavy atom. The zero-order valence-electron chi connectivity index (χ0n) is 14.3. The van der Waals surface area contributed by atoms with E-state index in [1.165, 1.54) is 6.42 Å². The van der Waals surface area contributed by atoms with Crippen LogP contribution in [-0.4, -0.2) is 100 Å². The van der Waals surface area contributed by atoms with Gasteiger partial charge in [-0.05, 0) is 17.9 Å². The van der Waals surface area contributed by atoms with Crippen molar-refractivity contribution in [3.63, 3.8) is 0 Å². The molecule has 1 saturated carbocycles. The summed E-state index contributed by atoms with van der Waals surface area (Å²) < 4.78 is 1.85. The van der Waals surface area contributed by atoms with Crippen LogP contribution in [0.25, 0.3) is 0 Å². The average molecular weight is 407 g/mol. The number of hydrogen-bond donors (Lipinski definition) is 6. The molecule has 1 saturated heterocycles. The summed E-state index contributed by atoms with van der Waals surface area (Å²) >= 11 is 3.83. The summed E-state index contributed by atoms with van der Waals surface area (Å²) in [6, 6.07) is -0.711. The van der Waals surface area contributed by atoms with Crippen LogP contribution in [0.1, 0.15) is 18.2 Å². The van der Waals surface area contributed by atoms with Gasteiger partial charge in [-0.1, -0.05) is 5.21 Å². The Bertz CT molecular complexity index is 556. The molecule has 3 rings (SSSR count).